The van der Waals surface area contributed by atoms with Crippen LogP contribution in [0.3, 0.4) is 0 Å². The van der Waals surface area contributed by atoms with E-state index < -0.39 is 10.8 Å². The number of hydrogen-bond acceptors (Lipinski definition) is 6. The van der Waals surface area contributed by atoms with Crippen molar-refractivity contribution in [2.45, 2.75) is 71.1 Å². The Labute approximate surface area is 177 Å². The summed E-state index contributed by atoms with van der Waals surface area (Å²) in [6.45, 7) is 1.99. The van der Waals surface area contributed by atoms with Crippen LogP contribution in [0.2, 0.25) is 0 Å². The van der Waals surface area contributed by atoms with Crippen LogP contribution in [-0.2, 0) is 9.59 Å². The summed E-state index contributed by atoms with van der Waals surface area (Å²) < 4.78 is 0. The van der Waals surface area contributed by atoms with Gasteiger partial charge in [0.25, 0.3) is 11.6 Å². The Morgan fingerprint density at radius 1 is 1.07 bits per heavy atom. The van der Waals surface area contributed by atoms with E-state index >= 15 is 0 Å². The molecule has 0 aliphatic carbocycles. The van der Waals surface area contributed by atoms with Crippen molar-refractivity contribution in [3.05, 3.63) is 33.9 Å². The summed E-state index contributed by atoms with van der Waals surface area (Å²) in [5, 5.41) is 26.6. The first-order valence-electron chi connectivity index (χ1n) is 10.5. The highest BCUT2D eigenvalue weighted by Crippen LogP contribution is 2.21. The number of carbonyl (C=O) groups is 2. The first-order valence-corrected chi connectivity index (χ1v) is 10.5. The highest BCUT2D eigenvalue weighted by Gasteiger charge is 2.09. The van der Waals surface area contributed by atoms with Crippen LogP contribution < -0.4 is 10.7 Å². The molecule has 30 heavy (non-hydrogen) atoms. The van der Waals surface area contributed by atoms with Crippen LogP contribution in [0.1, 0.15) is 76.7 Å². The van der Waals surface area contributed by atoms with Gasteiger partial charge in [0.2, 0.25) is 5.91 Å². The summed E-state index contributed by atoms with van der Waals surface area (Å²) in [5.74, 6) is -0.919. The number of unbranched alkanes of at least 4 members (excludes halogenated alkanes) is 8. The number of phenolic OH excluding ortho intramolecular Hbond substituents is 1. The molecule has 0 heterocycles. The Morgan fingerprint density at radius 2 is 1.70 bits per heavy atom. The second-order valence-corrected chi connectivity index (χ2v) is 7.15. The Hall–Kier alpha value is -2.97. The number of non-ortho nitro benzene ring substituents is 1. The van der Waals surface area contributed by atoms with Gasteiger partial charge in [-0.3, -0.25) is 19.7 Å². The fourth-order valence-corrected chi connectivity index (χ4v) is 2.84. The minimum Gasteiger partial charge on any atom is -0.507 e. The number of rotatable bonds is 15. The number of benzene rings is 1. The molecule has 0 atom stereocenters. The lowest BCUT2D eigenvalue weighted by Gasteiger charge is -2.05. The van der Waals surface area contributed by atoms with Crippen molar-refractivity contribution in [1.29, 1.82) is 0 Å². The number of amides is 2. The van der Waals surface area contributed by atoms with Crippen molar-refractivity contribution in [1.82, 2.24) is 10.7 Å². The van der Waals surface area contributed by atoms with Gasteiger partial charge < -0.3 is 10.4 Å². The average Bonchev–Trinajstić information content (AvgIpc) is 2.72. The van der Waals surface area contributed by atoms with E-state index in [2.05, 4.69) is 22.8 Å². The van der Waals surface area contributed by atoms with Gasteiger partial charge in [0.1, 0.15) is 5.75 Å². The van der Waals surface area contributed by atoms with E-state index in [4.69, 9.17) is 0 Å². The second-order valence-electron chi connectivity index (χ2n) is 7.15. The standard InChI is InChI=1S/C21H32N4O5/c1-2-3-4-5-6-7-8-9-10-11-20(27)22-16-21(28)24-23-15-17-14-18(25(29)30)12-13-19(17)26/h12-15,26H,2-11,16H2,1H3,(H,22,27)(H,24,28)/b23-15+. The van der Waals surface area contributed by atoms with E-state index in [0.29, 0.717) is 6.42 Å². The molecule has 2 amide bonds. The number of phenols is 1. The lowest BCUT2D eigenvalue weighted by molar-refractivity contribution is -0.384. The van der Waals surface area contributed by atoms with Crippen molar-refractivity contribution in [2.75, 3.05) is 6.54 Å². The first-order chi connectivity index (χ1) is 14.4. The number of nitro benzene ring substituents is 1. The molecule has 166 valence electrons. The normalized spacial score (nSPS) is 10.8. The molecule has 1 rings (SSSR count). The molecule has 0 saturated heterocycles. The zero-order chi connectivity index (χ0) is 22.2. The maximum Gasteiger partial charge on any atom is 0.270 e. The van der Waals surface area contributed by atoms with E-state index in [-0.39, 0.29) is 29.5 Å². The number of hydrogen-bond donors (Lipinski definition) is 3. The summed E-state index contributed by atoms with van der Waals surface area (Å²) in [5.41, 5.74) is 2.09. The summed E-state index contributed by atoms with van der Waals surface area (Å²) in [6.07, 6.45) is 12.0. The third kappa shape index (κ3) is 11.1. The van der Waals surface area contributed by atoms with Crippen molar-refractivity contribution in [3.63, 3.8) is 0 Å². The Kier molecular flexibility index (Phi) is 12.5. The molecule has 1 aromatic rings. The molecular formula is C21H32N4O5. The van der Waals surface area contributed by atoms with Crippen molar-refractivity contribution >= 4 is 23.7 Å². The first kappa shape index (κ1) is 25.1. The highest BCUT2D eigenvalue weighted by atomic mass is 16.6. The number of carbonyl (C=O) groups excluding carboxylic acids is 2. The lowest BCUT2D eigenvalue weighted by Crippen LogP contribution is -2.34. The lowest BCUT2D eigenvalue weighted by atomic mass is 10.1. The van der Waals surface area contributed by atoms with Gasteiger partial charge >= 0.3 is 0 Å². The van der Waals surface area contributed by atoms with Crippen LogP contribution >= 0.6 is 0 Å². The summed E-state index contributed by atoms with van der Waals surface area (Å²) in [6, 6.07) is 3.47. The third-order valence-electron chi connectivity index (χ3n) is 4.57. The second kappa shape index (κ2) is 14.9. The van der Waals surface area contributed by atoms with Crippen molar-refractivity contribution < 1.29 is 19.6 Å². The molecule has 0 radical (unpaired) electrons. The molecular weight excluding hydrogens is 388 g/mol. The molecule has 0 aromatic heterocycles. The smallest absolute Gasteiger partial charge is 0.270 e. The van der Waals surface area contributed by atoms with E-state index in [1.54, 1.807) is 0 Å². The molecule has 0 spiro atoms. The zero-order valence-corrected chi connectivity index (χ0v) is 17.6. The van der Waals surface area contributed by atoms with E-state index in [1.807, 2.05) is 0 Å². The Bertz CT molecular complexity index is 721. The molecule has 3 N–H and O–H groups in total. The Morgan fingerprint density at radius 3 is 2.33 bits per heavy atom. The van der Waals surface area contributed by atoms with Crippen LogP contribution in [0.5, 0.6) is 5.75 Å². The minimum atomic E-state index is -0.599. The number of nitro groups is 1. The summed E-state index contributed by atoms with van der Waals surface area (Å²) >= 11 is 0. The molecule has 0 aliphatic heterocycles. The van der Waals surface area contributed by atoms with Gasteiger partial charge in [-0.2, -0.15) is 5.10 Å². The number of nitrogens with zero attached hydrogens (tertiary/aromatic N) is 2. The number of hydrazone groups is 1. The van der Waals surface area contributed by atoms with Gasteiger partial charge in [0, 0.05) is 24.1 Å². The third-order valence-corrected chi connectivity index (χ3v) is 4.57. The molecule has 0 unspecified atom stereocenters. The summed E-state index contributed by atoms with van der Waals surface area (Å²) in [4.78, 5) is 33.6. The SMILES string of the molecule is CCCCCCCCCCCC(=O)NCC(=O)N/N=C/c1cc([N+](=O)[O-])ccc1O. The monoisotopic (exact) mass is 420 g/mol. The maximum atomic E-state index is 11.8. The van der Waals surface area contributed by atoms with Gasteiger partial charge in [-0.05, 0) is 12.5 Å². The van der Waals surface area contributed by atoms with E-state index in [1.165, 1.54) is 44.6 Å². The average molecular weight is 421 g/mol. The number of nitrogens with one attached hydrogen (secondary N) is 2. The van der Waals surface area contributed by atoms with Crippen LogP contribution in [0.4, 0.5) is 5.69 Å². The zero-order valence-electron chi connectivity index (χ0n) is 17.6. The van der Waals surface area contributed by atoms with Crippen LogP contribution in [0.25, 0.3) is 0 Å². The fraction of sp³-hybridized carbons (Fsp3) is 0.571. The van der Waals surface area contributed by atoms with Crippen LogP contribution in [-0.4, -0.2) is 34.6 Å². The van der Waals surface area contributed by atoms with E-state index in [9.17, 15) is 24.8 Å². The molecule has 0 aliphatic rings. The molecule has 9 heteroatoms. The van der Waals surface area contributed by atoms with Crippen LogP contribution in [0, 0.1) is 10.1 Å². The van der Waals surface area contributed by atoms with Gasteiger partial charge in [-0.15, -0.1) is 0 Å². The molecule has 0 fully saturated rings. The number of aromatic hydroxyl groups is 1. The van der Waals surface area contributed by atoms with Crippen molar-refractivity contribution in [3.8, 4) is 5.75 Å². The van der Waals surface area contributed by atoms with E-state index in [0.717, 1.165) is 37.6 Å². The van der Waals surface area contributed by atoms with Gasteiger partial charge in [-0.25, -0.2) is 5.43 Å². The van der Waals surface area contributed by atoms with Gasteiger partial charge in [0.05, 0.1) is 17.7 Å². The maximum absolute atomic E-state index is 11.8. The fourth-order valence-electron chi connectivity index (χ4n) is 2.84. The molecule has 0 bridgehead atoms. The largest absolute Gasteiger partial charge is 0.507 e. The van der Waals surface area contributed by atoms with Crippen LogP contribution in [0.15, 0.2) is 23.3 Å². The molecule has 0 saturated carbocycles. The van der Waals surface area contributed by atoms with Gasteiger partial charge in [-0.1, -0.05) is 58.3 Å². The molecule has 1 aromatic carbocycles. The van der Waals surface area contributed by atoms with Crippen molar-refractivity contribution in [2.24, 2.45) is 5.10 Å². The predicted molar refractivity (Wildman–Crippen MR) is 115 cm³/mol. The van der Waals surface area contributed by atoms with Gasteiger partial charge in [0.15, 0.2) is 0 Å². The predicted octanol–water partition coefficient (Wildman–Crippen LogP) is 3.79. The molecule has 9 nitrogen and oxygen atoms in total. The topological polar surface area (TPSA) is 134 Å². The highest BCUT2D eigenvalue weighted by molar-refractivity contribution is 5.87. The minimum absolute atomic E-state index is 0.0962. The quantitative estimate of drug-likeness (QED) is 0.172. The summed E-state index contributed by atoms with van der Waals surface area (Å²) in [7, 11) is 0. The Balaban J connectivity index is 2.16.